The Balaban J connectivity index is 1.67. The Morgan fingerprint density at radius 2 is 2.04 bits per heavy atom. The number of aromatic nitrogens is 4. The average Bonchev–Trinajstić information content (AvgIpc) is 3.03. The van der Waals surface area contributed by atoms with Gasteiger partial charge in [-0.3, -0.25) is 4.68 Å². The third-order valence-corrected chi connectivity index (χ3v) is 5.43. The van der Waals surface area contributed by atoms with E-state index >= 15 is 0 Å². The number of fused-ring (bicyclic) bond motifs is 1. The van der Waals surface area contributed by atoms with Crippen molar-refractivity contribution in [3.8, 4) is 0 Å². The first-order valence-electron chi connectivity index (χ1n) is 8.69. The van der Waals surface area contributed by atoms with Gasteiger partial charge in [0.2, 0.25) is 0 Å². The van der Waals surface area contributed by atoms with Gasteiger partial charge in [-0.1, -0.05) is 11.6 Å². The molecule has 3 aromatic rings. The molecular formula is C19H22ClN5. The monoisotopic (exact) mass is 355 g/mol. The minimum absolute atomic E-state index is 0.478. The molecular weight excluding hydrogens is 334 g/mol. The lowest BCUT2D eigenvalue weighted by Gasteiger charge is -2.33. The molecule has 1 fully saturated rings. The molecule has 0 amide bonds. The third-order valence-electron chi connectivity index (χ3n) is 5.12. The maximum atomic E-state index is 6.54. The molecule has 25 heavy (non-hydrogen) atoms. The van der Waals surface area contributed by atoms with Crippen molar-refractivity contribution >= 4 is 28.5 Å². The normalized spacial score (nSPS) is 18.1. The molecule has 0 aromatic carbocycles. The molecule has 6 heteroatoms. The minimum atomic E-state index is 0.478. The molecule has 0 spiro atoms. The molecule has 1 unspecified atom stereocenters. The Morgan fingerprint density at radius 3 is 2.80 bits per heavy atom. The standard InChI is InChI=1S/C19H22ClN5/c1-12-7-16-17(20)8-18(23-19(16)22-13(12)2)25-6-4-5-14(11-25)15-9-21-24(3)10-15/h7-10,14H,4-6,11H2,1-3H3. The predicted octanol–water partition coefficient (Wildman–Crippen LogP) is 4.02. The van der Waals surface area contributed by atoms with Gasteiger partial charge in [0.1, 0.15) is 5.82 Å². The van der Waals surface area contributed by atoms with E-state index < -0.39 is 0 Å². The van der Waals surface area contributed by atoms with Crippen LogP contribution in [0.15, 0.2) is 24.5 Å². The minimum Gasteiger partial charge on any atom is -0.356 e. The molecule has 4 heterocycles. The average molecular weight is 356 g/mol. The zero-order chi connectivity index (χ0) is 17.6. The van der Waals surface area contributed by atoms with Crippen molar-refractivity contribution in [2.24, 2.45) is 7.05 Å². The molecule has 1 saturated heterocycles. The van der Waals surface area contributed by atoms with E-state index in [0.717, 1.165) is 52.6 Å². The van der Waals surface area contributed by atoms with Crippen molar-refractivity contribution in [1.29, 1.82) is 0 Å². The SMILES string of the molecule is Cc1cc2c(Cl)cc(N3CCCC(c4cnn(C)c4)C3)nc2nc1C. The molecule has 130 valence electrons. The Labute approximate surface area is 152 Å². The van der Waals surface area contributed by atoms with Crippen molar-refractivity contribution in [3.63, 3.8) is 0 Å². The van der Waals surface area contributed by atoms with Crippen molar-refractivity contribution in [2.45, 2.75) is 32.6 Å². The van der Waals surface area contributed by atoms with Gasteiger partial charge in [-0.05, 0) is 43.9 Å². The van der Waals surface area contributed by atoms with Crippen LogP contribution in [0.4, 0.5) is 5.82 Å². The van der Waals surface area contributed by atoms with E-state index in [1.807, 2.05) is 30.9 Å². The third kappa shape index (κ3) is 3.09. The van der Waals surface area contributed by atoms with Gasteiger partial charge in [0.05, 0.1) is 11.2 Å². The highest BCUT2D eigenvalue weighted by Crippen LogP contribution is 2.32. The number of hydrogen-bond donors (Lipinski definition) is 0. The van der Waals surface area contributed by atoms with Crippen molar-refractivity contribution in [2.75, 3.05) is 18.0 Å². The summed E-state index contributed by atoms with van der Waals surface area (Å²) in [4.78, 5) is 11.8. The van der Waals surface area contributed by atoms with Crippen LogP contribution in [0.1, 0.15) is 35.6 Å². The lowest BCUT2D eigenvalue weighted by molar-refractivity contribution is 0.507. The second-order valence-electron chi connectivity index (χ2n) is 6.96. The Bertz CT molecular complexity index is 933. The fourth-order valence-corrected chi connectivity index (χ4v) is 3.79. The largest absolute Gasteiger partial charge is 0.356 e. The number of nitrogens with zero attached hydrogens (tertiary/aromatic N) is 5. The van der Waals surface area contributed by atoms with E-state index in [4.69, 9.17) is 16.6 Å². The number of rotatable bonds is 2. The van der Waals surface area contributed by atoms with Crippen molar-refractivity contribution < 1.29 is 0 Å². The highest BCUT2D eigenvalue weighted by Gasteiger charge is 2.24. The number of anilines is 1. The highest BCUT2D eigenvalue weighted by atomic mass is 35.5. The molecule has 5 nitrogen and oxygen atoms in total. The van der Waals surface area contributed by atoms with Crippen LogP contribution in [0.2, 0.25) is 5.02 Å². The molecule has 0 radical (unpaired) electrons. The fraction of sp³-hybridized carbons (Fsp3) is 0.421. The van der Waals surface area contributed by atoms with Crippen LogP contribution in [0.3, 0.4) is 0 Å². The molecule has 1 atom stereocenters. The van der Waals surface area contributed by atoms with Crippen LogP contribution in [0, 0.1) is 13.8 Å². The zero-order valence-corrected chi connectivity index (χ0v) is 15.6. The first kappa shape index (κ1) is 16.3. The fourth-order valence-electron chi connectivity index (χ4n) is 3.56. The molecule has 3 aromatic heterocycles. The van der Waals surface area contributed by atoms with Gasteiger partial charge in [0.15, 0.2) is 5.65 Å². The van der Waals surface area contributed by atoms with Crippen LogP contribution in [0.5, 0.6) is 0 Å². The van der Waals surface area contributed by atoms with Gasteiger partial charge in [-0.15, -0.1) is 0 Å². The Kier molecular flexibility index (Phi) is 4.12. The van der Waals surface area contributed by atoms with E-state index in [-0.39, 0.29) is 0 Å². The topological polar surface area (TPSA) is 46.8 Å². The summed E-state index contributed by atoms with van der Waals surface area (Å²) < 4.78 is 1.87. The van der Waals surface area contributed by atoms with Crippen molar-refractivity contribution in [3.05, 3.63) is 46.4 Å². The van der Waals surface area contributed by atoms with Crippen molar-refractivity contribution in [1.82, 2.24) is 19.7 Å². The van der Waals surface area contributed by atoms with Gasteiger partial charge >= 0.3 is 0 Å². The zero-order valence-electron chi connectivity index (χ0n) is 14.8. The maximum absolute atomic E-state index is 6.54. The van der Waals surface area contributed by atoms with Gasteiger partial charge in [-0.25, -0.2) is 9.97 Å². The van der Waals surface area contributed by atoms with Crippen LogP contribution in [0.25, 0.3) is 11.0 Å². The maximum Gasteiger partial charge on any atom is 0.163 e. The molecule has 0 aliphatic carbocycles. The van der Waals surface area contributed by atoms with E-state index in [1.54, 1.807) is 0 Å². The van der Waals surface area contributed by atoms with Crippen LogP contribution < -0.4 is 4.90 Å². The second kappa shape index (κ2) is 6.30. The first-order valence-corrected chi connectivity index (χ1v) is 9.07. The number of halogens is 1. The van der Waals surface area contributed by atoms with Gasteiger partial charge in [-0.2, -0.15) is 5.10 Å². The number of hydrogen-bond acceptors (Lipinski definition) is 4. The smallest absolute Gasteiger partial charge is 0.163 e. The summed E-state index contributed by atoms with van der Waals surface area (Å²) >= 11 is 6.54. The van der Waals surface area contributed by atoms with Crippen LogP contribution >= 0.6 is 11.6 Å². The summed E-state index contributed by atoms with van der Waals surface area (Å²) in [7, 11) is 1.96. The Hall–Kier alpha value is -2.14. The number of pyridine rings is 2. The summed E-state index contributed by atoms with van der Waals surface area (Å²) in [6.45, 7) is 5.99. The van der Waals surface area contributed by atoms with Crippen LogP contribution in [-0.4, -0.2) is 32.8 Å². The highest BCUT2D eigenvalue weighted by molar-refractivity contribution is 6.35. The van der Waals surface area contributed by atoms with Gasteiger partial charge in [0, 0.05) is 49.4 Å². The van der Waals surface area contributed by atoms with Gasteiger partial charge in [0.25, 0.3) is 0 Å². The summed E-state index contributed by atoms with van der Waals surface area (Å²) in [5.41, 5.74) is 4.16. The molecule has 0 bridgehead atoms. The Morgan fingerprint density at radius 1 is 1.20 bits per heavy atom. The summed E-state index contributed by atoms with van der Waals surface area (Å²) in [6, 6.07) is 4.05. The van der Waals surface area contributed by atoms with E-state index in [9.17, 15) is 0 Å². The number of aryl methyl sites for hydroxylation is 3. The molecule has 1 aliphatic heterocycles. The van der Waals surface area contributed by atoms with E-state index in [1.165, 1.54) is 12.0 Å². The van der Waals surface area contributed by atoms with Gasteiger partial charge < -0.3 is 4.90 Å². The predicted molar refractivity (Wildman–Crippen MR) is 101 cm³/mol. The molecule has 0 saturated carbocycles. The number of piperidine rings is 1. The van der Waals surface area contributed by atoms with E-state index in [2.05, 4.69) is 34.2 Å². The summed E-state index contributed by atoms with van der Waals surface area (Å²) in [6.07, 6.45) is 6.41. The quantitative estimate of drug-likeness (QED) is 0.696. The lowest BCUT2D eigenvalue weighted by Crippen LogP contribution is -2.34. The first-order chi connectivity index (χ1) is 12.0. The summed E-state index contributed by atoms with van der Waals surface area (Å²) in [5, 5.41) is 5.96. The molecule has 0 N–H and O–H groups in total. The second-order valence-corrected chi connectivity index (χ2v) is 7.36. The van der Waals surface area contributed by atoms with Crippen LogP contribution in [-0.2, 0) is 7.05 Å². The summed E-state index contributed by atoms with van der Waals surface area (Å²) in [5.74, 6) is 1.40. The lowest BCUT2D eigenvalue weighted by atomic mass is 9.93. The molecule has 4 rings (SSSR count). The molecule has 1 aliphatic rings. The van der Waals surface area contributed by atoms with E-state index in [0.29, 0.717) is 5.92 Å².